The van der Waals surface area contributed by atoms with Crippen molar-refractivity contribution in [2.24, 2.45) is 4.40 Å². The lowest BCUT2D eigenvalue weighted by molar-refractivity contribution is -0.130. The van der Waals surface area contributed by atoms with Crippen molar-refractivity contribution in [3.63, 3.8) is 0 Å². The largest absolute Gasteiger partial charge is 0.504 e. The maximum absolute atomic E-state index is 11.7. The standard InChI is InChI=1S/C11H7NO7S/c13-7-3-1-2-4-8(7)19-11(16)9-5-6(10(14)15)12-20(9,17)18/h1-5,13H,(H,14,15). The summed E-state index contributed by atoms with van der Waals surface area (Å²) in [5.74, 6) is -3.53. The molecule has 0 saturated carbocycles. The Morgan fingerprint density at radius 1 is 1.20 bits per heavy atom. The lowest BCUT2D eigenvalue weighted by Gasteiger charge is -2.05. The second-order valence-electron chi connectivity index (χ2n) is 3.62. The molecule has 0 aromatic heterocycles. The fourth-order valence-corrected chi connectivity index (χ4v) is 2.36. The van der Waals surface area contributed by atoms with E-state index in [9.17, 15) is 23.1 Å². The molecule has 0 radical (unpaired) electrons. The van der Waals surface area contributed by atoms with E-state index in [0.717, 1.165) is 0 Å². The molecule has 0 saturated heterocycles. The highest BCUT2D eigenvalue weighted by Crippen LogP contribution is 2.27. The van der Waals surface area contributed by atoms with Crippen LogP contribution in [0.2, 0.25) is 0 Å². The number of hydrogen-bond acceptors (Lipinski definition) is 6. The predicted octanol–water partition coefficient (Wildman–Crippen LogP) is 0.0505. The summed E-state index contributed by atoms with van der Waals surface area (Å²) >= 11 is 0. The molecule has 1 aliphatic rings. The fraction of sp³-hybridized carbons (Fsp3) is 0. The Morgan fingerprint density at radius 2 is 1.85 bits per heavy atom. The molecule has 0 unspecified atom stereocenters. The second-order valence-corrected chi connectivity index (χ2v) is 5.20. The van der Waals surface area contributed by atoms with Gasteiger partial charge in [-0.3, -0.25) is 0 Å². The molecule has 0 aliphatic carbocycles. The normalized spacial score (nSPS) is 16.2. The van der Waals surface area contributed by atoms with Crippen molar-refractivity contribution in [2.45, 2.75) is 0 Å². The monoisotopic (exact) mass is 297 g/mol. The SMILES string of the molecule is O=C(O)C1=NS(=O)(=O)C(C(=O)Oc2ccccc2O)=C1. The number of phenols is 1. The highest BCUT2D eigenvalue weighted by Gasteiger charge is 2.34. The molecule has 0 spiro atoms. The summed E-state index contributed by atoms with van der Waals surface area (Å²) in [4.78, 5) is 21.4. The number of carbonyl (C=O) groups is 2. The van der Waals surface area contributed by atoms with Crippen LogP contribution in [-0.2, 0) is 19.6 Å². The summed E-state index contributed by atoms with van der Waals surface area (Å²) < 4.78 is 30.6. The van der Waals surface area contributed by atoms with Gasteiger partial charge in [0, 0.05) is 6.08 Å². The van der Waals surface area contributed by atoms with E-state index in [0.29, 0.717) is 6.08 Å². The van der Waals surface area contributed by atoms with Gasteiger partial charge in [0.05, 0.1) is 0 Å². The number of carbonyl (C=O) groups excluding carboxylic acids is 1. The van der Waals surface area contributed by atoms with Gasteiger partial charge in [0.15, 0.2) is 22.1 Å². The van der Waals surface area contributed by atoms with Gasteiger partial charge < -0.3 is 14.9 Å². The molecule has 2 N–H and O–H groups in total. The van der Waals surface area contributed by atoms with Crippen LogP contribution in [0.25, 0.3) is 0 Å². The van der Waals surface area contributed by atoms with Crippen LogP contribution in [0, 0.1) is 0 Å². The molecular formula is C11H7NO7S. The zero-order valence-corrected chi connectivity index (χ0v) is 10.5. The minimum absolute atomic E-state index is 0.252. The quantitative estimate of drug-likeness (QED) is 0.595. The van der Waals surface area contributed by atoms with Crippen LogP contribution in [-0.4, -0.2) is 36.3 Å². The summed E-state index contributed by atoms with van der Waals surface area (Å²) in [7, 11) is -4.40. The number of para-hydroxylation sites is 2. The van der Waals surface area contributed by atoms with Crippen molar-refractivity contribution >= 4 is 27.7 Å². The number of nitrogens with zero attached hydrogens (tertiary/aromatic N) is 1. The summed E-state index contributed by atoms with van der Waals surface area (Å²) in [6.07, 6.45) is 0.597. The molecule has 0 atom stereocenters. The molecule has 1 heterocycles. The number of benzene rings is 1. The zero-order chi connectivity index (χ0) is 14.9. The Balaban J connectivity index is 2.30. The molecule has 104 valence electrons. The van der Waals surface area contributed by atoms with Gasteiger partial charge >= 0.3 is 11.9 Å². The van der Waals surface area contributed by atoms with E-state index in [1.807, 2.05) is 0 Å². The molecule has 0 amide bonds. The van der Waals surface area contributed by atoms with Gasteiger partial charge in [-0.1, -0.05) is 12.1 Å². The Kier molecular flexibility index (Phi) is 3.28. The highest BCUT2D eigenvalue weighted by molar-refractivity contribution is 7.95. The van der Waals surface area contributed by atoms with Crippen LogP contribution < -0.4 is 4.74 Å². The van der Waals surface area contributed by atoms with Gasteiger partial charge in [-0.25, -0.2) is 9.59 Å². The van der Waals surface area contributed by atoms with Gasteiger partial charge in [-0.2, -0.15) is 12.8 Å². The zero-order valence-electron chi connectivity index (χ0n) is 9.68. The van der Waals surface area contributed by atoms with Gasteiger partial charge in [0.2, 0.25) is 0 Å². The van der Waals surface area contributed by atoms with Gasteiger partial charge in [0.25, 0.3) is 10.0 Å². The highest BCUT2D eigenvalue weighted by atomic mass is 32.2. The number of aromatic hydroxyl groups is 1. The predicted molar refractivity (Wildman–Crippen MR) is 65.8 cm³/mol. The molecule has 0 fully saturated rings. The molecule has 2 rings (SSSR count). The van der Waals surface area contributed by atoms with Crippen molar-refractivity contribution < 1.29 is 33.0 Å². The average Bonchev–Trinajstić information content (AvgIpc) is 2.68. The summed E-state index contributed by atoms with van der Waals surface area (Å²) in [5, 5.41) is 18.1. The topological polar surface area (TPSA) is 130 Å². The van der Waals surface area contributed by atoms with Crippen LogP contribution in [0.15, 0.2) is 39.6 Å². The van der Waals surface area contributed by atoms with Crippen molar-refractivity contribution in [3.8, 4) is 11.5 Å². The van der Waals surface area contributed by atoms with E-state index < -0.39 is 32.6 Å². The number of aliphatic carboxylic acids is 1. The Hall–Kier alpha value is -2.68. The number of carboxylic acid groups (broad SMARTS) is 1. The molecular weight excluding hydrogens is 290 g/mol. The number of hydrogen-bond donors (Lipinski definition) is 2. The van der Waals surface area contributed by atoms with E-state index >= 15 is 0 Å². The van der Waals surface area contributed by atoms with Crippen LogP contribution >= 0.6 is 0 Å². The van der Waals surface area contributed by atoms with Crippen molar-refractivity contribution in [1.82, 2.24) is 0 Å². The molecule has 20 heavy (non-hydrogen) atoms. The molecule has 9 heteroatoms. The van der Waals surface area contributed by atoms with Crippen LogP contribution in [0.3, 0.4) is 0 Å². The van der Waals surface area contributed by atoms with E-state index in [-0.39, 0.29) is 11.5 Å². The van der Waals surface area contributed by atoms with Crippen molar-refractivity contribution in [2.75, 3.05) is 0 Å². The minimum atomic E-state index is -4.40. The van der Waals surface area contributed by atoms with Gasteiger partial charge in [-0.05, 0) is 12.1 Å². The third-order valence-corrected chi connectivity index (χ3v) is 3.53. The maximum atomic E-state index is 11.7. The first-order chi connectivity index (χ1) is 9.31. The van der Waals surface area contributed by atoms with Crippen LogP contribution in [0.1, 0.15) is 0 Å². The summed E-state index contributed by atoms with van der Waals surface area (Å²) in [5.41, 5.74) is -0.783. The van der Waals surface area contributed by atoms with Gasteiger partial charge in [-0.15, -0.1) is 0 Å². The number of rotatable bonds is 3. The van der Waals surface area contributed by atoms with E-state index in [1.165, 1.54) is 24.3 Å². The first kappa shape index (κ1) is 13.7. The van der Waals surface area contributed by atoms with Crippen LogP contribution in [0.5, 0.6) is 11.5 Å². The summed E-state index contributed by atoms with van der Waals surface area (Å²) in [6, 6.07) is 5.41. The Morgan fingerprint density at radius 3 is 2.40 bits per heavy atom. The van der Waals surface area contributed by atoms with Gasteiger partial charge in [0.1, 0.15) is 0 Å². The van der Waals surface area contributed by atoms with Crippen LogP contribution in [0.4, 0.5) is 0 Å². The average molecular weight is 297 g/mol. The molecule has 8 nitrogen and oxygen atoms in total. The number of carboxylic acids is 1. The number of esters is 1. The van der Waals surface area contributed by atoms with E-state index in [2.05, 4.69) is 4.40 Å². The first-order valence-corrected chi connectivity index (χ1v) is 6.55. The smallest absolute Gasteiger partial charge is 0.357 e. The van der Waals surface area contributed by atoms with E-state index in [1.54, 1.807) is 0 Å². The minimum Gasteiger partial charge on any atom is -0.504 e. The van der Waals surface area contributed by atoms with E-state index in [4.69, 9.17) is 9.84 Å². The number of sulfonamides is 1. The molecule has 1 aromatic rings. The Bertz CT molecular complexity index is 761. The summed E-state index contributed by atoms with van der Waals surface area (Å²) in [6.45, 7) is 0. The number of ether oxygens (including phenoxy) is 1. The number of phenolic OH excluding ortho intramolecular Hbond substituents is 1. The Labute approximate surface area is 112 Å². The lowest BCUT2D eigenvalue weighted by atomic mass is 10.3. The second kappa shape index (κ2) is 4.78. The van der Waals surface area contributed by atoms with Crippen molar-refractivity contribution in [3.05, 3.63) is 35.2 Å². The molecule has 1 aliphatic heterocycles. The third kappa shape index (κ3) is 2.52. The van der Waals surface area contributed by atoms with Crippen molar-refractivity contribution in [1.29, 1.82) is 0 Å². The third-order valence-electron chi connectivity index (χ3n) is 2.25. The lowest BCUT2D eigenvalue weighted by Crippen LogP contribution is -2.15. The maximum Gasteiger partial charge on any atom is 0.357 e. The fourth-order valence-electron chi connectivity index (χ4n) is 1.36. The molecule has 0 bridgehead atoms. The molecule has 1 aromatic carbocycles. The first-order valence-electron chi connectivity index (χ1n) is 5.11.